The highest BCUT2D eigenvalue weighted by Crippen LogP contribution is 2.29. The predicted molar refractivity (Wildman–Crippen MR) is 91.3 cm³/mol. The molecule has 6 nitrogen and oxygen atoms in total. The smallest absolute Gasteiger partial charge is 0.323 e. The summed E-state index contributed by atoms with van der Waals surface area (Å²) in [6.07, 6.45) is 3.82. The Balaban J connectivity index is 1.73. The number of hydrogen-bond donors (Lipinski definition) is 1. The third-order valence-corrected chi connectivity index (χ3v) is 5.22. The van der Waals surface area contributed by atoms with Crippen molar-refractivity contribution in [2.45, 2.75) is 50.2 Å². The average molecular weight is 341 g/mol. The van der Waals surface area contributed by atoms with Crippen molar-refractivity contribution >= 4 is 11.9 Å². The normalized spacial score (nSPS) is 21.8. The second-order valence-electron chi connectivity index (χ2n) is 6.87. The van der Waals surface area contributed by atoms with Gasteiger partial charge in [-0.1, -0.05) is 24.3 Å². The number of benzene rings is 1. The van der Waals surface area contributed by atoms with E-state index in [4.69, 9.17) is 4.74 Å². The number of hydrogen-bond acceptors (Lipinski definition) is 5. The van der Waals surface area contributed by atoms with E-state index >= 15 is 0 Å². The third-order valence-electron chi connectivity index (χ3n) is 5.22. The van der Waals surface area contributed by atoms with Crippen molar-refractivity contribution in [3.63, 3.8) is 0 Å². The largest absolute Gasteiger partial charge is 0.468 e. The van der Waals surface area contributed by atoms with E-state index in [0.29, 0.717) is 25.8 Å². The molecule has 3 rings (SSSR count). The maximum Gasteiger partial charge on any atom is 0.323 e. The summed E-state index contributed by atoms with van der Waals surface area (Å²) in [6, 6.07) is 9.71. The van der Waals surface area contributed by atoms with E-state index < -0.39 is 11.6 Å². The average Bonchev–Trinajstić information content (AvgIpc) is 3.09. The van der Waals surface area contributed by atoms with Crippen LogP contribution in [-0.2, 0) is 27.3 Å². The van der Waals surface area contributed by atoms with Gasteiger partial charge in [-0.3, -0.25) is 14.5 Å². The molecule has 1 heterocycles. The summed E-state index contributed by atoms with van der Waals surface area (Å²) in [5.74, 6) is -0.546. The van der Waals surface area contributed by atoms with E-state index in [9.17, 15) is 14.9 Å². The molecule has 25 heavy (non-hydrogen) atoms. The molecule has 1 N–H and O–H groups in total. The minimum Gasteiger partial charge on any atom is -0.468 e. The molecule has 1 aliphatic carbocycles. The number of methoxy groups -OCH3 is 1. The minimum absolute atomic E-state index is 0.0809. The fourth-order valence-electron chi connectivity index (χ4n) is 3.85. The summed E-state index contributed by atoms with van der Waals surface area (Å²) >= 11 is 0. The van der Waals surface area contributed by atoms with Crippen molar-refractivity contribution in [3.05, 3.63) is 35.4 Å². The van der Waals surface area contributed by atoms with Crippen LogP contribution < -0.4 is 5.32 Å². The first-order chi connectivity index (χ1) is 12.1. The molecule has 0 unspecified atom stereocenters. The maximum atomic E-state index is 12.5. The molecule has 0 bridgehead atoms. The molecule has 1 aromatic carbocycles. The van der Waals surface area contributed by atoms with Crippen molar-refractivity contribution < 1.29 is 14.3 Å². The van der Waals surface area contributed by atoms with Crippen molar-refractivity contribution in [3.8, 4) is 6.07 Å². The second-order valence-corrected chi connectivity index (χ2v) is 6.87. The van der Waals surface area contributed by atoms with Crippen molar-refractivity contribution in [1.29, 1.82) is 5.26 Å². The molecule has 132 valence electrons. The highest BCUT2D eigenvalue weighted by molar-refractivity contribution is 5.82. The topological polar surface area (TPSA) is 82.4 Å². The van der Waals surface area contributed by atoms with Crippen LogP contribution in [-0.4, -0.2) is 42.0 Å². The SMILES string of the molecule is COC(=O)[C@H]1Cc2ccccc2CN1CC(=O)NC1(C#N)CCCC1. The van der Waals surface area contributed by atoms with Gasteiger partial charge in [0.15, 0.2) is 0 Å². The molecule has 1 aromatic rings. The van der Waals surface area contributed by atoms with Crippen molar-refractivity contribution in [1.82, 2.24) is 10.2 Å². The van der Waals surface area contributed by atoms with Crippen LogP contribution >= 0.6 is 0 Å². The quantitative estimate of drug-likeness (QED) is 0.840. The van der Waals surface area contributed by atoms with Crippen LogP contribution in [0.4, 0.5) is 0 Å². The molecule has 1 amide bonds. The number of carbonyl (C=O) groups is 2. The summed E-state index contributed by atoms with van der Waals surface area (Å²) in [4.78, 5) is 26.6. The fraction of sp³-hybridized carbons (Fsp3) is 0.526. The first-order valence-corrected chi connectivity index (χ1v) is 8.68. The van der Waals surface area contributed by atoms with Gasteiger partial charge in [0.2, 0.25) is 5.91 Å². The zero-order valence-corrected chi connectivity index (χ0v) is 14.5. The number of nitrogens with zero attached hydrogens (tertiary/aromatic N) is 2. The lowest BCUT2D eigenvalue weighted by Crippen LogP contribution is -2.53. The van der Waals surface area contributed by atoms with E-state index in [1.54, 1.807) is 0 Å². The molecule has 0 saturated heterocycles. The van der Waals surface area contributed by atoms with Gasteiger partial charge in [0.05, 0.1) is 19.7 Å². The highest BCUT2D eigenvalue weighted by atomic mass is 16.5. The number of amides is 1. The van der Waals surface area contributed by atoms with Gasteiger partial charge >= 0.3 is 5.97 Å². The molecule has 1 saturated carbocycles. The van der Waals surface area contributed by atoms with E-state index in [1.165, 1.54) is 7.11 Å². The summed E-state index contributed by atoms with van der Waals surface area (Å²) in [6.45, 7) is 0.598. The van der Waals surface area contributed by atoms with Crippen molar-refractivity contribution in [2.24, 2.45) is 0 Å². The van der Waals surface area contributed by atoms with Gasteiger partial charge in [-0.15, -0.1) is 0 Å². The monoisotopic (exact) mass is 341 g/mol. The highest BCUT2D eigenvalue weighted by Gasteiger charge is 2.38. The van der Waals surface area contributed by atoms with Gasteiger partial charge in [-0.2, -0.15) is 5.26 Å². The molecular formula is C19H23N3O3. The summed E-state index contributed by atoms with van der Waals surface area (Å²) in [7, 11) is 1.37. The Hall–Kier alpha value is -2.39. The number of fused-ring (bicyclic) bond motifs is 1. The van der Waals surface area contributed by atoms with Gasteiger partial charge in [0.25, 0.3) is 0 Å². The molecule has 1 fully saturated rings. The lowest BCUT2D eigenvalue weighted by molar-refractivity contribution is -0.148. The summed E-state index contributed by atoms with van der Waals surface area (Å²) in [5.41, 5.74) is 1.48. The molecule has 2 aliphatic rings. The number of nitrogens with one attached hydrogen (secondary N) is 1. The Labute approximate surface area is 147 Å². The van der Waals surface area contributed by atoms with Crippen LogP contribution in [0.3, 0.4) is 0 Å². The fourth-order valence-corrected chi connectivity index (χ4v) is 3.85. The minimum atomic E-state index is -0.745. The van der Waals surface area contributed by atoms with Gasteiger partial charge < -0.3 is 10.1 Å². The van der Waals surface area contributed by atoms with Crippen LogP contribution in [0.25, 0.3) is 0 Å². The molecular weight excluding hydrogens is 318 g/mol. The van der Waals surface area contributed by atoms with E-state index in [-0.39, 0.29) is 18.4 Å². The van der Waals surface area contributed by atoms with Crippen LogP contribution in [0, 0.1) is 11.3 Å². The Kier molecular flexibility index (Phi) is 5.05. The molecule has 0 radical (unpaired) electrons. The Bertz CT molecular complexity index is 704. The third kappa shape index (κ3) is 3.67. The van der Waals surface area contributed by atoms with Crippen molar-refractivity contribution in [2.75, 3.05) is 13.7 Å². The Morgan fingerprint density at radius 3 is 2.64 bits per heavy atom. The van der Waals surface area contributed by atoms with Crippen LogP contribution in [0.5, 0.6) is 0 Å². The summed E-state index contributed by atoms with van der Waals surface area (Å²) in [5, 5.41) is 12.3. The van der Waals surface area contributed by atoms with E-state index in [2.05, 4.69) is 11.4 Å². The van der Waals surface area contributed by atoms with Gasteiger partial charge in [-0.05, 0) is 43.2 Å². The lowest BCUT2D eigenvalue weighted by Gasteiger charge is -2.35. The maximum absolute atomic E-state index is 12.5. The first-order valence-electron chi connectivity index (χ1n) is 8.68. The second kappa shape index (κ2) is 7.24. The Morgan fingerprint density at radius 2 is 2.00 bits per heavy atom. The van der Waals surface area contributed by atoms with Gasteiger partial charge in [0, 0.05) is 6.54 Å². The standard InChI is InChI=1S/C19H23N3O3/c1-25-18(24)16-10-14-6-2-3-7-15(14)11-22(16)12-17(23)21-19(13-20)8-4-5-9-19/h2-3,6-7,16H,4-5,8-12H2,1H3,(H,21,23)/t16-/m1/s1. The first kappa shape index (κ1) is 17.4. The molecule has 6 heteroatoms. The van der Waals surface area contributed by atoms with Crippen LogP contribution in [0.15, 0.2) is 24.3 Å². The molecule has 0 aromatic heterocycles. The number of esters is 1. The van der Waals surface area contributed by atoms with Crippen LogP contribution in [0.2, 0.25) is 0 Å². The number of carbonyl (C=O) groups excluding carboxylic acids is 2. The summed E-state index contributed by atoms with van der Waals surface area (Å²) < 4.78 is 4.93. The molecule has 0 spiro atoms. The molecule has 1 aliphatic heterocycles. The van der Waals surface area contributed by atoms with E-state index in [1.807, 2.05) is 29.2 Å². The number of nitriles is 1. The zero-order chi connectivity index (χ0) is 17.9. The van der Waals surface area contributed by atoms with E-state index in [0.717, 1.165) is 24.0 Å². The van der Waals surface area contributed by atoms with Gasteiger partial charge in [0.1, 0.15) is 11.6 Å². The number of rotatable bonds is 4. The predicted octanol–water partition coefficient (Wildman–Crippen LogP) is 1.54. The lowest BCUT2D eigenvalue weighted by atomic mass is 9.94. The Morgan fingerprint density at radius 1 is 1.32 bits per heavy atom. The van der Waals surface area contributed by atoms with Gasteiger partial charge in [-0.25, -0.2) is 0 Å². The number of ether oxygens (including phenoxy) is 1. The molecule has 1 atom stereocenters. The zero-order valence-electron chi connectivity index (χ0n) is 14.5. The van der Waals surface area contributed by atoms with Crippen LogP contribution in [0.1, 0.15) is 36.8 Å².